The van der Waals surface area contributed by atoms with Crippen LogP contribution in [0.5, 0.6) is 0 Å². The minimum absolute atomic E-state index is 0.0199. The van der Waals surface area contributed by atoms with E-state index in [1.165, 1.54) is 16.4 Å². The summed E-state index contributed by atoms with van der Waals surface area (Å²) in [7, 11) is -3.75. The molecule has 0 radical (unpaired) electrons. The third kappa shape index (κ3) is 4.14. The molecule has 0 fully saturated rings. The Balaban J connectivity index is 2.33. The molecule has 124 valence electrons. The summed E-state index contributed by atoms with van der Waals surface area (Å²) in [6, 6.07) is 13.8. The van der Waals surface area contributed by atoms with Crippen LogP contribution in [0.15, 0.2) is 59.5 Å². The standard InChI is InChI=1S/C17H19F2NO2S/c1-13(2)20(12-14-6-4-3-5-7-14)23(21,22)16-10-8-15(9-11-16)17(18)19/h3-11,13,17H,12H2,1-2H3. The van der Waals surface area contributed by atoms with Gasteiger partial charge in [-0.05, 0) is 31.5 Å². The smallest absolute Gasteiger partial charge is 0.207 e. The lowest BCUT2D eigenvalue weighted by Gasteiger charge is -2.26. The SMILES string of the molecule is CC(C)N(Cc1ccccc1)S(=O)(=O)c1ccc(C(F)F)cc1. The van der Waals surface area contributed by atoms with Gasteiger partial charge in [0.05, 0.1) is 4.90 Å². The van der Waals surface area contributed by atoms with E-state index in [9.17, 15) is 17.2 Å². The molecule has 2 aromatic carbocycles. The highest BCUT2D eigenvalue weighted by atomic mass is 32.2. The molecule has 0 N–H and O–H groups in total. The second-order valence-corrected chi connectivity index (χ2v) is 7.39. The Morgan fingerprint density at radius 3 is 2.00 bits per heavy atom. The molecule has 0 aromatic heterocycles. The first kappa shape index (κ1) is 17.6. The monoisotopic (exact) mass is 339 g/mol. The Hall–Kier alpha value is -1.79. The lowest BCUT2D eigenvalue weighted by Crippen LogP contribution is -2.36. The average Bonchev–Trinajstić information content (AvgIpc) is 2.53. The van der Waals surface area contributed by atoms with Crippen LogP contribution >= 0.6 is 0 Å². The van der Waals surface area contributed by atoms with Crippen LogP contribution in [0.1, 0.15) is 31.4 Å². The van der Waals surface area contributed by atoms with E-state index in [0.29, 0.717) is 0 Å². The van der Waals surface area contributed by atoms with E-state index < -0.39 is 16.4 Å². The molecule has 0 unspecified atom stereocenters. The van der Waals surface area contributed by atoms with Crippen molar-refractivity contribution in [3.63, 3.8) is 0 Å². The second kappa shape index (κ2) is 7.19. The molecule has 0 saturated carbocycles. The lowest BCUT2D eigenvalue weighted by atomic mass is 10.2. The van der Waals surface area contributed by atoms with Gasteiger partial charge < -0.3 is 0 Å². The van der Waals surface area contributed by atoms with Crippen molar-refractivity contribution in [2.75, 3.05) is 0 Å². The summed E-state index contributed by atoms with van der Waals surface area (Å²) < 4.78 is 52.2. The number of benzene rings is 2. The lowest BCUT2D eigenvalue weighted by molar-refractivity contribution is 0.151. The van der Waals surface area contributed by atoms with Crippen molar-refractivity contribution in [1.29, 1.82) is 0 Å². The quantitative estimate of drug-likeness (QED) is 0.790. The van der Waals surface area contributed by atoms with Gasteiger partial charge in [0.2, 0.25) is 10.0 Å². The summed E-state index contributed by atoms with van der Waals surface area (Å²) in [6.07, 6.45) is -2.61. The van der Waals surface area contributed by atoms with Crippen molar-refractivity contribution in [3.8, 4) is 0 Å². The van der Waals surface area contributed by atoms with Crippen molar-refractivity contribution >= 4 is 10.0 Å². The first-order valence-electron chi connectivity index (χ1n) is 7.26. The summed E-state index contributed by atoms with van der Waals surface area (Å²) in [5, 5.41) is 0. The number of halogens is 2. The van der Waals surface area contributed by atoms with E-state index in [4.69, 9.17) is 0 Å². The van der Waals surface area contributed by atoms with Crippen LogP contribution in [0.2, 0.25) is 0 Å². The fourth-order valence-corrected chi connectivity index (χ4v) is 3.85. The molecule has 0 heterocycles. The van der Waals surface area contributed by atoms with Crippen LogP contribution in [0, 0.1) is 0 Å². The van der Waals surface area contributed by atoms with Gasteiger partial charge in [-0.15, -0.1) is 0 Å². The molecule has 0 spiro atoms. The maximum atomic E-state index is 12.8. The molecule has 3 nitrogen and oxygen atoms in total. The molecule has 0 aliphatic heterocycles. The summed E-state index contributed by atoms with van der Waals surface area (Å²) in [4.78, 5) is 0.0199. The molecule has 6 heteroatoms. The third-order valence-electron chi connectivity index (χ3n) is 3.50. The number of hydrogen-bond donors (Lipinski definition) is 0. The molecule has 0 aliphatic carbocycles. The van der Waals surface area contributed by atoms with E-state index in [-0.39, 0.29) is 23.0 Å². The third-order valence-corrected chi connectivity index (χ3v) is 5.53. The Morgan fingerprint density at radius 1 is 0.957 bits per heavy atom. The zero-order chi connectivity index (χ0) is 17.0. The van der Waals surface area contributed by atoms with E-state index in [1.54, 1.807) is 13.8 Å². The minimum atomic E-state index is -3.75. The maximum absolute atomic E-state index is 12.8. The van der Waals surface area contributed by atoms with Crippen LogP contribution < -0.4 is 0 Å². The van der Waals surface area contributed by atoms with Gasteiger partial charge >= 0.3 is 0 Å². The molecule has 23 heavy (non-hydrogen) atoms. The van der Waals surface area contributed by atoms with Crippen LogP contribution in [0.4, 0.5) is 8.78 Å². The zero-order valence-corrected chi connectivity index (χ0v) is 13.8. The van der Waals surface area contributed by atoms with Crippen molar-refractivity contribution in [3.05, 3.63) is 65.7 Å². The molecule has 0 amide bonds. The van der Waals surface area contributed by atoms with Gasteiger partial charge in [-0.25, -0.2) is 17.2 Å². The second-order valence-electron chi connectivity index (χ2n) is 5.50. The van der Waals surface area contributed by atoms with Crippen LogP contribution in [0.25, 0.3) is 0 Å². The number of nitrogens with zero attached hydrogens (tertiary/aromatic N) is 1. The molecular weight excluding hydrogens is 320 g/mol. The number of hydrogen-bond acceptors (Lipinski definition) is 2. The predicted molar refractivity (Wildman–Crippen MR) is 85.7 cm³/mol. The Labute approximate surface area is 135 Å². The highest BCUT2D eigenvalue weighted by Crippen LogP contribution is 2.24. The summed E-state index contributed by atoms with van der Waals surface area (Å²) in [6.45, 7) is 3.81. The molecule has 0 bridgehead atoms. The fraction of sp³-hybridized carbons (Fsp3) is 0.294. The highest BCUT2D eigenvalue weighted by Gasteiger charge is 2.27. The van der Waals surface area contributed by atoms with E-state index >= 15 is 0 Å². The summed E-state index contributed by atoms with van der Waals surface area (Å²) >= 11 is 0. The van der Waals surface area contributed by atoms with Crippen LogP contribution in [0.3, 0.4) is 0 Å². The first-order chi connectivity index (χ1) is 10.8. The van der Waals surface area contributed by atoms with E-state index in [0.717, 1.165) is 17.7 Å². The van der Waals surface area contributed by atoms with Gasteiger partial charge in [0.1, 0.15) is 0 Å². The van der Waals surface area contributed by atoms with Crippen LogP contribution in [-0.2, 0) is 16.6 Å². The van der Waals surface area contributed by atoms with Crippen molar-refractivity contribution < 1.29 is 17.2 Å². The summed E-state index contributed by atoms with van der Waals surface area (Å²) in [5.41, 5.74) is 0.678. The fourth-order valence-electron chi connectivity index (χ4n) is 2.23. The van der Waals surface area contributed by atoms with E-state index in [2.05, 4.69) is 0 Å². The molecule has 0 aliphatic rings. The Morgan fingerprint density at radius 2 is 1.52 bits per heavy atom. The topological polar surface area (TPSA) is 37.4 Å². The van der Waals surface area contributed by atoms with Gasteiger partial charge in [-0.1, -0.05) is 42.5 Å². The molecule has 0 saturated heterocycles. The van der Waals surface area contributed by atoms with Gasteiger partial charge in [0, 0.05) is 18.2 Å². The van der Waals surface area contributed by atoms with Crippen molar-refractivity contribution in [2.45, 2.75) is 37.8 Å². The number of rotatable bonds is 6. The first-order valence-corrected chi connectivity index (χ1v) is 8.70. The van der Waals surface area contributed by atoms with Gasteiger partial charge in [-0.3, -0.25) is 0 Å². The summed E-state index contributed by atoms with van der Waals surface area (Å²) in [5.74, 6) is 0. The molecule has 2 aromatic rings. The van der Waals surface area contributed by atoms with Crippen molar-refractivity contribution in [1.82, 2.24) is 4.31 Å². The molecular formula is C17H19F2NO2S. The molecule has 2 rings (SSSR count). The highest BCUT2D eigenvalue weighted by molar-refractivity contribution is 7.89. The Kier molecular flexibility index (Phi) is 5.49. The van der Waals surface area contributed by atoms with Crippen LogP contribution in [-0.4, -0.2) is 18.8 Å². The van der Waals surface area contributed by atoms with Gasteiger partial charge in [-0.2, -0.15) is 4.31 Å². The number of alkyl halides is 2. The van der Waals surface area contributed by atoms with E-state index in [1.807, 2.05) is 30.3 Å². The normalized spacial score (nSPS) is 12.3. The van der Waals surface area contributed by atoms with Gasteiger partial charge in [0.25, 0.3) is 6.43 Å². The zero-order valence-electron chi connectivity index (χ0n) is 13.0. The average molecular weight is 339 g/mol. The van der Waals surface area contributed by atoms with Crippen molar-refractivity contribution in [2.24, 2.45) is 0 Å². The number of sulfonamides is 1. The predicted octanol–water partition coefficient (Wildman–Crippen LogP) is 4.22. The maximum Gasteiger partial charge on any atom is 0.263 e. The molecule has 0 atom stereocenters. The minimum Gasteiger partial charge on any atom is -0.207 e. The Bertz CT molecular complexity index is 729. The van der Waals surface area contributed by atoms with Gasteiger partial charge in [0.15, 0.2) is 0 Å². The largest absolute Gasteiger partial charge is 0.263 e.